The summed E-state index contributed by atoms with van der Waals surface area (Å²) in [5.41, 5.74) is -0.834. The van der Waals surface area contributed by atoms with E-state index in [2.05, 4.69) is 5.32 Å². The Labute approximate surface area is 137 Å². The van der Waals surface area contributed by atoms with E-state index in [9.17, 15) is 23.1 Å². The molecule has 1 aromatic rings. The van der Waals surface area contributed by atoms with Gasteiger partial charge in [0.2, 0.25) is 5.91 Å². The second-order valence-electron chi connectivity index (χ2n) is 5.81. The topological polar surface area (TPSA) is 49.3 Å². The van der Waals surface area contributed by atoms with Crippen LogP contribution in [0.2, 0.25) is 0 Å². The molecule has 1 aliphatic rings. The van der Waals surface area contributed by atoms with Crippen LogP contribution in [0.1, 0.15) is 30.4 Å². The molecular weight excluding hydrogens is 327 g/mol. The second-order valence-corrected chi connectivity index (χ2v) is 7.03. The van der Waals surface area contributed by atoms with Gasteiger partial charge in [-0.1, -0.05) is 12.1 Å². The van der Waals surface area contributed by atoms with Crippen LogP contribution in [-0.2, 0) is 17.4 Å². The van der Waals surface area contributed by atoms with Crippen LogP contribution in [0, 0.1) is 0 Å². The lowest BCUT2D eigenvalue weighted by molar-refractivity contribution is -0.137. The van der Waals surface area contributed by atoms with Crippen molar-refractivity contribution in [3.05, 3.63) is 35.4 Å². The number of carbonyl (C=O) groups excluding carboxylic acids is 1. The van der Waals surface area contributed by atoms with Gasteiger partial charge in [-0.3, -0.25) is 4.79 Å². The summed E-state index contributed by atoms with van der Waals surface area (Å²) in [5, 5.41) is 13.0. The molecule has 128 valence electrons. The number of aryl methyl sites for hydroxylation is 1. The van der Waals surface area contributed by atoms with Gasteiger partial charge in [-0.15, -0.1) is 0 Å². The van der Waals surface area contributed by atoms with Crippen LogP contribution < -0.4 is 5.32 Å². The predicted molar refractivity (Wildman–Crippen MR) is 84.3 cm³/mol. The van der Waals surface area contributed by atoms with Gasteiger partial charge in [-0.25, -0.2) is 0 Å². The van der Waals surface area contributed by atoms with E-state index in [1.807, 2.05) is 0 Å². The molecule has 0 bridgehead atoms. The third kappa shape index (κ3) is 5.73. The van der Waals surface area contributed by atoms with Gasteiger partial charge in [0, 0.05) is 13.0 Å². The molecule has 0 aromatic heterocycles. The van der Waals surface area contributed by atoms with Crippen LogP contribution in [0.5, 0.6) is 0 Å². The van der Waals surface area contributed by atoms with Crippen LogP contribution >= 0.6 is 11.8 Å². The minimum atomic E-state index is -4.34. The zero-order valence-corrected chi connectivity index (χ0v) is 13.5. The summed E-state index contributed by atoms with van der Waals surface area (Å²) in [6, 6.07) is 4.83. The first-order valence-corrected chi connectivity index (χ1v) is 8.67. The summed E-state index contributed by atoms with van der Waals surface area (Å²) >= 11 is 1.79. The Balaban J connectivity index is 1.76. The minimum absolute atomic E-state index is 0.191. The Morgan fingerprint density at radius 1 is 1.22 bits per heavy atom. The van der Waals surface area contributed by atoms with E-state index in [0.717, 1.165) is 23.6 Å². The van der Waals surface area contributed by atoms with Crippen molar-refractivity contribution in [1.82, 2.24) is 5.32 Å². The zero-order chi connectivity index (χ0) is 16.9. The molecule has 0 spiro atoms. The van der Waals surface area contributed by atoms with Gasteiger partial charge in [0.25, 0.3) is 0 Å². The van der Waals surface area contributed by atoms with Crippen molar-refractivity contribution in [3.63, 3.8) is 0 Å². The molecule has 1 saturated heterocycles. The number of benzene rings is 1. The van der Waals surface area contributed by atoms with E-state index >= 15 is 0 Å². The molecule has 0 atom stereocenters. The summed E-state index contributed by atoms with van der Waals surface area (Å²) in [7, 11) is 0. The first-order chi connectivity index (χ1) is 10.8. The number of thioether (sulfide) groups is 1. The van der Waals surface area contributed by atoms with Gasteiger partial charge in [0.15, 0.2) is 0 Å². The minimum Gasteiger partial charge on any atom is -0.388 e. The molecule has 0 radical (unpaired) electrons. The molecule has 1 aliphatic heterocycles. The van der Waals surface area contributed by atoms with Gasteiger partial charge in [-0.05, 0) is 48.5 Å². The maximum Gasteiger partial charge on any atom is 0.416 e. The van der Waals surface area contributed by atoms with Crippen LogP contribution in [0.15, 0.2) is 24.3 Å². The van der Waals surface area contributed by atoms with Gasteiger partial charge in [-0.2, -0.15) is 24.9 Å². The maximum atomic E-state index is 12.5. The number of rotatable bonds is 5. The molecule has 7 heteroatoms. The molecular formula is C16H20F3NO2S. The lowest BCUT2D eigenvalue weighted by atomic mass is 9.97. The number of nitrogens with one attached hydrogen (secondary N) is 1. The molecule has 0 aliphatic carbocycles. The number of hydrogen-bond donors (Lipinski definition) is 2. The summed E-state index contributed by atoms with van der Waals surface area (Å²) in [6.45, 7) is 0.236. The summed E-state index contributed by atoms with van der Waals surface area (Å²) in [5.74, 6) is 1.58. The average molecular weight is 347 g/mol. The maximum absolute atomic E-state index is 12.5. The fourth-order valence-corrected chi connectivity index (χ4v) is 3.65. The number of aliphatic hydroxyl groups is 1. The molecule has 0 unspecified atom stereocenters. The number of carbonyl (C=O) groups is 1. The third-order valence-electron chi connectivity index (χ3n) is 3.96. The molecule has 23 heavy (non-hydrogen) atoms. The van der Waals surface area contributed by atoms with Crippen LogP contribution in [-0.4, -0.2) is 34.7 Å². The van der Waals surface area contributed by atoms with E-state index < -0.39 is 17.3 Å². The molecule has 1 heterocycles. The van der Waals surface area contributed by atoms with Crippen molar-refractivity contribution in [2.24, 2.45) is 0 Å². The molecule has 3 nitrogen and oxygen atoms in total. The smallest absolute Gasteiger partial charge is 0.388 e. The molecule has 1 amide bonds. The monoisotopic (exact) mass is 347 g/mol. The Hall–Kier alpha value is -1.21. The summed E-state index contributed by atoms with van der Waals surface area (Å²) < 4.78 is 37.4. The highest BCUT2D eigenvalue weighted by Crippen LogP contribution is 2.29. The number of amides is 1. The normalized spacial score (nSPS) is 17.7. The Kier molecular flexibility index (Phi) is 5.97. The average Bonchev–Trinajstić information content (AvgIpc) is 2.51. The lowest BCUT2D eigenvalue weighted by Crippen LogP contribution is -2.45. The van der Waals surface area contributed by atoms with Crippen molar-refractivity contribution < 1.29 is 23.1 Å². The third-order valence-corrected chi connectivity index (χ3v) is 4.95. The van der Waals surface area contributed by atoms with E-state index in [-0.39, 0.29) is 18.9 Å². The van der Waals surface area contributed by atoms with Crippen molar-refractivity contribution in [1.29, 1.82) is 0 Å². The van der Waals surface area contributed by atoms with Crippen molar-refractivity contribution in [2.45, 2.75) is 37.5 Å². The summed E-state index contributed by atoms with van der Waals surface area (Å²) in [6.07, 6.45) is -2.45. The summed E-state index contributed by atoms with van der Waals surface area (Å²) in [4.78, 5) is 11.8. The second kappa shape index (κ2) is 7.57. The Morgan fingerprint density at radius 2 is 1.83 bits per heavy atom. The quantitative estimate of drug-likeness (QED) is 0.861. The molecule has 2 N–H and O–H groups in total. The zero-order valence-electron chi connectivity index (χ0n) is 12.7. The Bertz CT molecular complexity index is 525. The van der Waals surface area contributed by atoms with Gasteiger partial charge in [0.1, 0.15) is 0 Å². The van der Waals surface area contributed by atoms with Crippen molar-refractivity contribution in [2.75, 3.05) is 18.1 Å². The highest BCUT2D eigenvalue weighted by atomic mass is 32.2. The predicted octanol–water partition coefficient (Wildman–Crippen LogP) is 3.01. The largest absolute Gasteiger partial charge is 0.416 e. The fourth-order valence-electron chi connectivity index (χ4n) is 2.40. The Morgan fingerprint density at radius 3 is 2.39 bits per heavy atom. The number of halogens is 3. The van der Waals surface area contributed by atoms with Crippen molar-refractivity contribution >= 4 is 17.7 Å². The van der Waals surface area contributed by atoms with Crippen LogP contribution in [0.25, 0.3) is 0 Å². The molecule has 2 rings (SSSR count). The van der Waals surface area contributed by atoms with E-state index in [1.54, 1.807) is 11.8 Å². The van der Waals surface area contributed by atoms with E-state index in [4.69, 9.17) is 0 Å². The molecule has 1 fully saturated rings. The van der Waals surface area contributed by atoms with Gasteiger partial charge in [0.05, 0.1) is 11.2 Å². The SMILES string of the molecule is O=C(CCc1ccc(C(F)(F)F)cc1)NCC1(O)CCSCC1. The number of alkyl halides is 3. The molecule has 1 aromatic carbocycles. The van der Waals surface area contributed by atoms with E-state index in [0.29, 0.717) is 24.8 Å². The standard InChI is InChI=1S/C16H20F3NO2S/c17-16(18,19)13-4-1-12(2-5-13)3-6-14(21)20-11-15(22)7-9-23-10-8-15/h1-2,4-5,22H,3,6-11H2,(H,20,21). The van der Waals surface area contributed by atoms with Crippen LogP contribution in [0.3, 0.4) is 0 Å². The fraction of sp³-hybridized carbons (Fsp3) is 0.562. The highest BCUT2D eigenvalue weighted by molar-refractivity contribution is 7.99. The lowest BCUT2D eigenvalue weighted by Gasteiger charge is -2.31. The number of hydrogen-bond acceptors (Lipinski definition) is 3. The highest BCUT2D eigenvalue weighted by Gasteiger charge is 2.30. The molecule has 0 saturated carbocycles. The van der Waals surface area contributed by atoms with E-state index in [1.165, 1.54) is 12.1 Å². The van der Waals surface area contributed by atoms with Gasteiger partial charge < -0.3 is 10.4 Å². The van der Waals surface area contributed by atoms with Gasteiger partial charge >= 0.3 is 6.18 Å². The van der Waals surface area contributed by atoms with Crippen molar-refractivity contribution in [3.8, 4) is 0 Å². The van der Waals surface area contributed by atoms with Crippen LogP contribution in [0.4, 0.5) is 13.2 Å². The first kappa shape index (κ1) is 18.1. The first-order valence-electron chi connectivity index (χ1n) is 7.51.